The minimum Gasteiger partial charge on any atom is -0.494 e. The summed E-state index contributed by atoms with van der Waals surface area (Å²) in [6.07, 6.45) is -5.01. The molecule has 0 saturated carbocycles. The van der Waals surface area contributed by atoms with E-state index in [1.54, 1.807) is 48.5 Å². The highest BCUT2D eigenvalue weighted by molar-refractivity contribution is 6.06. The molecule has 0 radical (unpaired) electrons. The van der Waals surface area contributed by atoms with Crippen LogP contribution in [-0.4, -0.2) is 30.6 Å². The highest BCUT2D eigenvalue weighted by atomic mass is 19.4. The molecule has 0 aliphatic carbocycles. The van der Waals surface area contributed by atoms with Crippen LogP contribution in [-0.2, 0) is 9.59 Å². The molecule has 0 spiro atoms. The zero-order valence-electron chi connectivity index (χ0n) is 16.2. The summed E-state index contributed by atoms with van der Waals surface area (Å²) in [7, 11) is 0. The molecule has 2 unspecified atom stereocenters. The van der Waals surface area contributed by atoms with Crippen LogP contribution >= 0.6 is 0 Å². The molecule has 1 saturated heterocycles. The number of hydrogen-bond donors (Lipinski definition) is 2. The summed E-state index contributed by atoms with van der Waals surface area (Å²) in [6.45, 7) is 2.46. The first-order chi connectivity index (χ1) is 14.3. The molecule has 2 N–H and O–H groups in total. The Morgan fingerprint density at radius 3 is 2.13 bits per heavy atom. The van der Waals surface area contributed by atoms with Gasteiger partial charge in [0.15, 0.2) is 0 Å². The van der Waals surface area contributed by atoms with Gasteiger partial charge in [-0.05, 0) is 68.3 Å². The molecular weight excluding hydrogens is 401 g/mol. The molecule has 3 rings (SSSR count). The fraction of sp³-hybridized carbons (Fsp3) is 0.333. The third-order valence-corrected chi connectivity index (χ3v) is 4.58. The van der Waals surface area contributed by atoms with Gasteiger partial charge in [0.1, 0.15) is 29.2 Å². The lowest BCUT2D eigenvalue weighted by Crippen LogP contribution is -2.53. The van der Waals surface area contributed by atoms with E-state index in [4.69, 9.17) is 9.47 Å². The number of carbonyl (C=O) groups excluding carboxylic acids is 2. The number of rotatable bonds is 6. The van der Waals surface area contributed by atoms with Gasteiger partial charge in [0, 0.05) is 5.69 Å². The van der Waals surface area contributed by atoms with E-state index < -0.39 is 30.0 Å². The number of alkyl halides is 3. The zero-order valence-corrected chi connectivity index (χ0v) is 16.2. The van der Waals surface area contributed by atoms with Crippen molar-refractivity contribution < 1.29 is 32.2 Å². The van der Waals surface area contributed by atoms with Crippen molar-refractivity contribution in [3.8, 4) is 17.2 Å². The summed E-state index contributed by atoms with van der Waals surface area (Å²) >= 11 is 0. The Hall–Kier alpha value is -3.23. The fourth-order valence-electron chi connectivity index (χ4n) is 3.05. The van der Waals surface area contributed by atoms with E-state index in [0.717, 1.165) is 5.75 Å². The van der Waals surface area contributed by atoms with Gasteiger partial charge in [-0.25, -0.2) is 0 Å². The Kier molecular flexibility index (Phi) is 6.49. The Balaban J connectivity index is 1.55. The molecule has 0 aromatic heterocycles. The van der Waals surface area contributed by atoms with Crippen molar-refractivity contribution in [1.82, 2.24) is 5.32 Å². The quantitative estimate of drug-likeness (QED) is 0.682. The van der Waals surface area contributed by atoms with Crippen LogP contribution in [0.15, 0.2) is 48.5 Å². The number of nitrogens with one attached hydrogen (secondary N) is 2. The SMILES string of the molecule is CCOc1ccc(Oc2ccc(NC(=O)C3CCC(C(F)(F)F)NC3=O)cc2)cc1. The van der Waals surface area contributed by atoms with E-state index in [9.17, 15) is 22.8 Å². The molecule has 6 nitrogen and oxygen atoms in total. The molecule has 30 heavy (non-hydrogen) atoms. The van der Waals surface area contributed by atoms with Crippen molar-refractivity contribution in [2.75, 3.05) is 11.9 Å². The lowest BCUT2D eigenvalue weighted by molar-refractivity contribution is -0.170. The van der Waals surface area contributed by atoms with E-state index in [0.29, 0.717) is 23.8 Å². The number of benzene rings is 2. The summed E-state index contributed by atoms with van der Waals surface area (Å²) in [5.41, 5.74) is 0.407. The van der Waals surface area contributed by atoms with Gasteiger partial charge in [0.25, 0.3) is 0 Å². The van der Waals surface area contributed by atoms with E-state index in [2.05, 4.69) is 5.32 Å². The van der Waals surface area contributed by atoms with Crippen LogP contribution in [0.1, 0.15) is 19.8 Å². The van der Waals surface area contributed by atoms with E-state index in [1.165, 1.54) is 0 Å². The van der Waals surface area contributed by atoms with Crippen molar-refractivity contribution >= 4 is 17.5 Å². The number of amides is 2. The van der Waals surface area contributed by atoms with Crippen molar-refractivity contribution in [1.29, 1.82) is 0 Å². The Labute approximate surface area is 171 Å². The summed E-state index contributed by atoms with van der Waals surface area (Å²) in [6, 6.07) is 11.6. The maximum absolute atomic E-state index is 12.7. The van der Waals surface area contributed by atoms with Crippen molar-refractivity contribution in [2.24, 2.45) is 5.92 Å². The van der Waals surface area contributed by atoms with Gasteiger partial charge in [-0.15, -0.1) is 0 Å². The van der Waals surface area contributed by atoms with Crippen LogP contribution in [0.2, 0.25) is 0 Å². The van der Waals surface area contributed by atoms with Crippen molar-refractivity contribution in [3.63, 3.8) is 0 Å². The number of ether oxygens (including phenoxy) is 2. The average molecular weight is 422 g/mol. The topological polar surface area (TPSA) is 76.7 Å². The van der Waals surface area contributed by atoms with Crippen LogP contribution in [0.4, 0.5) is 18.9 Å². The minimum absolute atomic E-state index is 0.166. The van der Waals surface area contributed by atoms with Crippen LogP contribution in [0.25, 0.3) is 0 Å². The molecule has 0 bridgehead atoms. The van der Waals surface area contributed by atoms with Gasteiger partial charge in [0.2, 0.25) is 11.8 Å². The van der Waals surface area contributed by atoms with Crippen molar-refractivity contribution in [2.45, 2.75) is 32.0 Å². The maximum Gasteiger partial charge on any atom is 0.408 e. The number of carbonyl (C=O) groups is 2. The normalized spacial score (nSPS) is 19.0. The van der Waals surface area contributed by atoms with Gasteiger partial charge >= 0.3 is 6.18 Å². The molecule has 160 valence electrons. The van der Waals surface area contributed by atoms with E-state index in [-0.39, 0.29) is 12.8 Å². The van der Waals surface area contributed by atoms with E-state index in [1.807, 2.05) is 12.2 Å². The van der Waals surface area contributed by atoms with Crippen LogP contribution < -0.4 is 20.1 Å². The lowest BCUT2D eigenvalue weighted by Gasteiger charge is -2.29. The molecule has 1 fully saturated rings. The highest BCUT2D eigenvalue weighted by Crippen LogP contribution is 2.29. The van der Waals surface area contributed by atoms with Crippen molar-refractivity contribution in [3.05, 3.63) is 48.5 Å². The van der Waals surface area contributed by atoms with Crippen LogP contribution in [0, 0.1) is 5.92 Å². The molecule has 2 amide bonds. The molecular formula is C21H21F3N2O4. The van der Waals surface area contributed by atoms with E-state index >= 15 is 0 Å². The largest absolute Gasteiger partial charge is 0.494 e. The number of anilines is 1. The Bertz CT molecular complexity index is 883. The standard InChI is InChI=1S/C21H21F3N2O4/c1-2-29-14-7-9-16(10-8-14)30-15-5-3-13(4-6-15)25-19(27)17-11-12-18(21(22,23)24)26-20(17)28/h3-10,17-18H,2,11-12H2,1H3,(H,25,27)(H,26,28). The van der Waals surface area contributed by atoms with Gasteiger partial charge < -0.3 is 20.1 Å². The lowest BCUT2D eigenvalue weighted by atomic mass is 9.92. The fourth-order valence-corrected chi connectivity index (χ4v) is 3.05. The molecule has 2 aromatic carbocycles. The zero-order chi connectivity index (χ0) is 21.7. The summed E-state index contributed by atoms with van der Waals surface area (Å²) in [5, 5.41) is 4.42. The van der Waals surface area contributed by atoms with Gasteiger partial charge in [-0.1, -0.05) is 0 Å². The van der Waals surface area contributed by atoms with Crippen LogP contribution in [0.3, 0.4) is 0 Å². The molecule has 2 aromatic rings. The second-order valence-corrected chi connectivity index (χ2v) is 6.75. The molecule has 1 aliphatic rings. The number of piperidine rings is 1. The first-order valence-corrected chi connectivity index (χ1v) is 9.45. The van der Waals surface area contributed by atoms with Crippen LogP contribution in [0.5, 0.6) is 17.2 Å². The highest BCUT2D eigenvalue weighted by Gasteiger charge is 2.45. The third-order valence-electron chi connectivity index (χ3n) is 4.58. The summed E-state index contributed by atoms with van der Waals surface area (Å²) in [5.74, 6) is -0.863. The smallest absolute Gasteiger partial charge is 0.408 e. The molecule has 1 heterocycles. The first kappa shape index (κ1) is 21.5. The monoisotopic (exact) mass is 422 g/mol. The molecule has 1 aliphatic heterocycles. The van der Waals surface area contributed by atoms with Gasteiger partial charge in [0.05, 0.1) is 6.61 Å². The molecule has 9 heteroatoms. The second-order valence-electron chi connectivity index (χ2n) is 6.75. The van der Waals surface area contributed by atoms with Gasteiger partial charge in [-0.2, -0.15) is 13.2 Å². The predicted octanol–water partition coefficient (Wildman–Crippen LogP) is 4.27. The Morgan fingerprint density at radius 2 is 1.60 bits per heavy atom. The number of halogens is 3. The second kappa shape index (κ2) is 9.06. The Morgan fingerprint density at radius 1 is 1.03 bits per heavy atom. The molecule has 2 atom stereocenters. The number of hydrogen-bond acceptors (Lipinski definition) is 4. The minimum atomic E-state index is -4.52. The first-order valence-electron chi connectivity index (χ1n) is 9.45. The predicted molar refractivity (Wildman–Crippen MR) is 103 cm³/mol. The maximum atomic E-state index is 12.7. The van der Waals surface area contributed by atoms with Gasteiger partial charge in [-0.3, -0.25) is 9.59 Å². The third kappa shape index (κ3) is 5.43. The summed E-state index contributed by atoms with van der Waals surface area (Å²) in [4.78, 5) is 24.2. The average Bonchev–Trinajstić information content (AvgIpc) is 2.70. The summed E-state index contributed by atoms with van der Waals surface area (Å²) < 4.78 is 49.2.